The van der Waals surface area contributed by atoms with Crippen LogP contribution in [0.3, 0.4) is 0 Å². The van der Waals surface area contributed by atoms with Crippen LogP contribution >= 0.6 is 0 Å². The molecule has 31 heavy (non-hydrogen) atoms. The largest absolute Gasteiger partial charge is 0.466 e. The number of epoxide rings is 1. The van der Waals surface area contributed by atoms with E-state index in [0.717, 1.165) is 12.0 Å². The molecule has 2 heterocycles. The highest BCUT2D eigenvalue weighted by Gasteiger charge is 2.74. The molecule has 6 nitrogen and oxygen atoms in total. The second kappa shape index (κ2) is 8.81. The number of aliphatic hydroxyl groups excluding tert-OH is 1. The highest BCUT2D eigenvalue weighted by Crippen LogP contribution is 2.64. The van der Waals surface area contributed by atoms with E-state index in [-0.39, 0.29) is 37.0 Å². The molecule has 0 aliphatic carbocycles. The van der Waals surface area contributed by atoms with Gasteiger partial charge in [0.15, 0.2) is 0 Å². The van der Waals surface area contributed by atoms with Crippen LogP contribution in [0.1, 0.15) is 50.0 Å². The van der Waals surface area contributed by atoms with Crippen molar-refractivity contribution >= 4 is 11.9 Å². The van der Waals surface area contributed by atoms with Gasteiger partial charge in [0.25, 0.3) is 0 Å². The van der Waals surface area contributed by atoms with Crippen LogP contribution in [0, 0.1) is 5.41 Å². The average Bonchev–Trinajstić information content (AvgIpc) is 3.58. The Morgan fingerprint density at radius 3 is 2.35 bits per heavy atom. The fourth-order valence-electron chi connectivity index (χ4n) is 4.93. The monoisotopic (exact) mass is 423 g/mol. The molecule has 2 fully saturated rings. The van der Waals surface area contributed by atoms with Crippen molar-refractivity contribution in [3.05, 3.63) is 71.8 Å². The summed E-state index contributed by atoms with van der Waals surface area (Å²) in [6.45, 7) is 4.33. The minimum Gasteiger partial charge on any atom is -0.466 e. The Morgan fingerprint density at radius 2 is 1.77 bits per heavy atom. The molecule has 2 aliphatic heterocycles. The second-order valence-corrected chi connectivity index (χ2v) is 8.12. The van der Waals surface area contributed by atoms with Crippen LogP contribution in [-0.2, 0) is 19.1 Å². The molecule has 1 amide bonds. The number of carbonyl (C=O) groups is 2. The number of nitrogens with zero attached hydrogens (tertiary/aromatic N) is 1. The summed E-state index contributed by atoms with van der Waals surface area (Å²) in [7, 11) is 0. The number of benzene rings is 2. The molecule has 0 radical (unpaired) electrons. The maximum absolute atomic E-state index is 13.7. The average molecular weight is 424 g/mol. The van der Waals surface area contributed by atoms with Gasteiger partial charge in [0.1, 0.15) is 11.5 Å². The first-order chi connectivity index (χ1) is 15.1. The molecular weight excluding hydrogens is 394 g/mol. The number of esters is 1. The third-order valence-electron chi connectivity index (χ3n) is 6.40. The summed E-state index contributed by atoms with van der Waals surface area (Å²) in [5.41, 5.74) is 0.483. The van der Waals surface area contributed by atoms with Gasteiger partial charge in [0.05, 0.1) is 31.3 Å². The van der Waals surface area contributed by atoms with Crippen molar-refractivity contribution in [1.82, 2.24) is 4.90 Å². The number of ether oxygens (including phenoxy) is 2. The number of aliphatic hydroxyl groups is 1. The van der Waals surface area contributed by atoms with Crippen LogP contribution in [0.25, 0.3) is 0 Å². The molecule has 5 atom stereocenters. The van der Waals surface area contributed by atoms with Crippen molar-refractivity contribution in [2.45, 2.75) is 51.0 Å². The SMILES string of the molecule is CCOC(=O)CCN1C(=O)[C@@]([C@@H]2O[C@@H]2CC)([C@@H](O)c2ccccc2)[C@H]1c1ccccc1. The van der Waals surface area contributed by atoms with Crippen LogP contribution in [0.2, 0.25) is 0 Å². The standard InChI is InChI=1S/C25H29NO5/c1-3-19-23(31-19)25(22(28)18-13-9-6-10-14-18)21(17-11-7-5-8-12-17)26(24(25)29)16-15-20(27)30-4-2/h5-14,19,21-23,28H,3-4,15-16H2,1-2H3/t19-,21-,22+,23-,25-/m1/s1. The summed E-state index contributed by atoms with van der Waals surface area (Å²) in [6, 6.07) is 18.6. The van der Waals surface area contributed by atoms with E-state index in [0.29, 0.717) is 12.2 Å². The molecule has 0 bridgehead atoms. The molecule has 0 unspecified atom stereocenters. The van der Waals surface area contributed by atoms with Gasteiger partial charge in [-0.2, -0.15) is 0 Å². The minimum atomic E-state index is -1.13. The summed E-state index contributed by atoms with van der Waals surface area (Å²) >= 11 is 0. The van der Waals surface area contributed by atoms with E-state index >= 15 is 0 Å². The minimum absolute atomic E-state index is 0.0688. The molecule has 2 saturated heterocycles. The van der Waals surface area contributed by atoms with Crippen molar-refractivity contribution in [3.8, 4) is 0 Å². The van der Waals surface area contributed by atoms with Crippen molar-refractivity contribution < 1.29 is 24.2 Å². The first kappa shape index (κ1) is 21.5. The summed E-state index contributed by atoms with van der Waals surface area (Å²) in [5, 5.41) is 11.6. The molecule has 6 heteroatoms. The lowest BCUT2D eigenvalue weighted by Crippen LogP contribution is -2.68. The number of hydrogen-bond acceptors (Lipinski definition) is 5. The number of β-lactam (4-membered cyclic amide) rings is 1. The van der Waals surface area contributed by atoms with Crippen LogP contribution in [0.4, 0.5) is 0 Å². The van der Waals surface area contributed by atoms with Gasteiger partial charge >= 0.3 is 5.97 Å². The Labute approximate surface area is 182 Å². The topological polar surface area (TPSA) is 79.4 Å². The summed E-state index contributed by atoms with van der Waals surface area (Å²) in [5.74, 6) is -0.514. The highest BCUT2D eigenvalue weighted by molar-refractivity contribution is 5.93. The lowest BCUT2D eigenvalue weighted by Gasteiger charge is -2.58. The smallest absolute Gasteiger partial charge is 0.307 e. The zero-order valence-corrected chi connectivity index (χ0v) is 17.9. The van der Waals surface area contributed by atoms with Gasteiger partial charge in [-0.25, -0.2) is 0 Å². The summed E-state index contributed by atoms with van der Waals surface area (Å²) in [4.78, 5) is 27.4. The maximum Gasteiger partial charge on any atom is 0.307 e. The van der Waals surface area contributed by atoms with E-state index in [9.17, 15) is 14.7 Å². The molecule has 4 rings (SSSR count). The number of rotatable bonds is 9. The van der Waals surface area contributed by atoms with Crippen molar-refractivity contribution in [1.29, 1.82) is 0 Å². The van der Waals surface area contributed by atoms with Gasteiger partial charge in [0, 0.05) is 6.54 Å². The van der Waals surface area contributed by atoms with Gasteiger partial charge in [-0.05, 0) is 24.5 Å². The van der Waals surface area contributed by atoms with Crippen LogP contribution < -0.4 is 0 Å². The molecule has 1 N–H and O–H groups in total. The number of amides is 1. The Morgan fingerprint density at radius 1 is 1.13 bits per heavy atom. The summed E-state index contributed by atoms with van der Waals surface area (Å²) < 4.78 is 11.0. The quantitative estimate of drug-likeness (QED) is 0.380. The fourth-order valence-corrected chi connectivity index (χ4v) is 4.93. The molecule has 0 aromatic heterocycles. The Kier molecular flexibility index (Phi) is 6.12. The van der Waals surface area contributed by atoms with Gasteiger partial charge < -0.3 is 19.5 Å². The van der Waals surface area contributed by atoms with E-state index < -0.39 is 17.6 Å². The summed E-state index contributed by atoms with van der Waals surface area (Å²) in [6.07, 6.45) is -0.578. The van der Waals surface area contributed by atoms with Crippen LogP contribution in [0.15, 0.2) is 60.7 Å². The van der Waals surface area contributed by atoms with Gasteiger partial charge in [-0.3, -0.25) is 9.59 Å². The number of hydrogen-bond donors (Lipinski definition) is 1. The van der Waals surface area contributed by atoms with Gasteiger partial charge in [0.2, 0.25) is 5.91 Å². The fraction of sp³-hybridized carbons (Fsp3) is 0.440. The Hall–Kier alpha value is -2.70. The predicted molar refractivity (Wildman–Crippen MR) is 115 cm³/mol. The second-order valence-electron chi connectivity index (χ2n) is 8.12. The zero-order valence-electron chi connectivity index (χ0n) is 17.9. The molecule has 0 saturated carbocycles. The number of likely N-dealkylation sites (tertiary alicyclic amines) is 1. The third kappa shape index (κ3) is 3.64. The van der Waals surface area contributed by atoms with E-state index in [1.807, 2.05) is 67.6 Å². The van der Waals surface area contributed by atoms with Crippen molar-refractivity contribution in [2.24, 2.45) is 5.41 Å². The van der Waals surface area contributed by atoms with E-state index in [2.05, 4.69) is 0 Å². The highest BCUT2D eigenvalue weighted by atomic mass is 16.6. The third-order valence-corrected chi connectivity index (χ3v) is 6.40. The van der Waals surface area contributed by atoms with Crippen LogP contribution in [0.5, 0.6) is 0 Å². The van der Waals surface area contributed by atoms with Gasteiger partial charge in [-0.15, -0.1) is 0 Å². The molecule has 2 aromatic rings. The normalized spacial score (nSPS) is 28.0. The molecular formula is C25H29NO5. The van der Waals surface area contributed by atoms with Crippen LogP contribution in [-0.4, -0.2) is 47.2 Å². The molecule has 2 aromatic carbocycles. The zero-order chi connectivity index (χ0) is 22.0. The molecule has 0 spiro atoms. The van der Waals surface area contributed by atoms with E-state index in [1.54, 1.807) is 11.8 Å². The first-order valence-electron chi connectivity index (χ1n) is 11.0. The van der Waals surface area contributed by atoms with Gasteiger partial charge in [-0.1, -0.05) is 67.6 Å². The Balaban J connectivity index is 1.73. The lowest BCUT2D eigenvalue weighted by atomic mass is 9.60. The van der Waals surface area contributed by atoms with E-state index in [1.165, 1.54) is 0 Å². The molecule has 2 aliphatic rings. The van der Waals surface area contributed by atoms with Crippen molar-refractivity contribution in [2.75, 3.05) is 13.2 Å². The Bertz CT molecular complexity index is 918. The molecule has 164 valence electrons. The van der Waals surface area contributed by atoms with E-state index in [4.69, 9.17) is 9.47 Å². The first-order valence-corrected chi connectivity index (χ1v) is 11.0. The maximum atomic E-state index is 13.7. The lowest BCUT2D eigenvalue weighted by molar-refractivity contribution is -0.196. The number of carbonyl (C=O) groups excluding carboxylic acids is 2. The predicted octanol–water partition coefficient (Wildman–Crippen LogP) is 3.42. The van der Waals surface area contributed by atoms with Crippen molar-refractivity contribution in [3.63, 3.8) is 0 Å².